The zero-order chi connectivity index (χ0) is 36.7. The third kappa shape index (κ3) is 7.52. The minimum atomic E-state index is -4.25. The first kappa shape index (κ1) is 37.0. The Morgan fingerprint density at radius 3 is 2.67 bits per heavy atom. The van der Waals surface area contributed by atoms with E-state index in [4.69, 9.17) is 25.8 Å². The zero-order valence-electron chi connectivity index (χ0n) is 29.9. The Kier molecular flexibility index (Phi) is 10.5. The molecular weight excluding hydrogens is 708 g/mol. The molecule has 0 unspecified atom stereocenters. The summed E-state index contributed by atoms with van der Waals surface area (Å²) in [7, 11) is -4.25. The molecule has 14 heteroatoms. The van der Waals surface area contributed by atoms with Crippen LogP contribution in [0.4, 0.5) is 10.5 Å². The number of hydrogen-bond acceptors (Lipinski definition) is 10. The lowest BCUT2D eigenvalue weighted by Gasteiger charge is -2.46. The number of piperazine rings is 1. The molecule has 0 radical (unpaired) electrons. The number of halogens is 1. The second-order valence-electron chi connectivity index (χ2n) is 15.3. The van der Waals surface area contributed by atoms with Crippen LogP contribution in [0.15, 0.2) is 53.4 Å². The molecule has 2 N–H and O–H groups in total. The Balaban J connectivity index is 1.24. The van der Waals surface area contributed by atoms with Gasteiger partial charge in [-0.25, -0.2) is 17.9 Å². The van der Waals surface area contributed by atoms with Gasteiger partial charge in [0.25, 0.3) is 15.9 Å². The molecule has 1 spiro atoms. The number of β-amino-alcohol motifs (C(OH)–C–C–N with tert-alkyl or cyclic N) is 1. The van der Waals surface area contributed by atoms with Gasteiger partial charge >= 0.3 is 6.09 Å². The maximum atomic E-state index is 13.7. The van der Waals surface area contributed by atoms with E-state index in [0.717, 1.165) is 32.1 Å². The Morgan fingerprint density at radius 1 is 1.12 bits per heavy atom. The molecule has 2 fully saturated rings. The summed E-state index contributed by atoms with van der Waals surface area (Å²) in [6.07, 6.45) is 7.25. The number of aliphatic hydroxyl groups excluding tert-OH is 1. The second-order valence-corrected chi connectivity index (χ2v) is 17.4. The molecule has 12 nitrogen and oxygen atoms in total. The van der Waals surface area contributed by atoms with Crippen LogP contribution in [-0.2, 0) is 36.1 Å². The summed E-state index contributed by atoms with van der Waals surface area (Å²) in [6, 6.07) is 10.8. The number of carbonyl (C=O) groups excluding carboxylic acids is 2. The van der Waals surface area contributed by atoms with Crippen molar-refractivity contribution in [1.29, 1.82) is 0 Å². The van der Waals surface area contributed by atoms with Gasteiger partial charge in [-0.2, -0.15) is 0 Å². The van der Waals surface area contributed by atoms with E-state index in [1.807, 2.05) is 18.2 Å². The maximum absolute atomic E-state index is 13.7. The van der Waals surface area contributed by atoms with E-state index in [2.05, 4.69) is 20.6 Å². The minimum Gasteiger partial charge on any atom is -0.490 e. The predicted octanol–water partition coefficient (Wildman–Crippen LogP) is 4.12. The highest BCUT2D eigenvalue weighted by Crippen LogP contribution is 2.47. The Labute approximate surface area is 311 Å². The van der Waals surface area contributed by atoms with Crippen molar-refractivity contribution >= 4 is 39.3 Å². The second kappa shape index (κ2) is 14.8. The fourth-order valence-corrected chi connectivity index (χ4v) is 9.69. The van der Waals surface area contributed by atoms with Gasteiger partial charge in [0.15, 0.2) is 0 Å². The number of fused-ring (bicyclic) bond motifs is 4. The van der Waals surface area contributed by atoms with Gasteiger partial charge in [0.1, 0.15) is 17.5 Å². The van der Waals surface area contributed by atoms with Crippen LogP contribution in [0.2, 0.25) is 5.02 Å². The fourth-order valence-electron chi connectivity index (χ4n) is 8.37. The van der Waals surface area contributed by atoms with Crippen LogP contribution >= 0.6 is 11.6 Å². The molecule has 52 heavy (non-hydrogen) atoms. The van der Waals surface area contributed by atoms with Gasteiger partial charge in [-0.3, -0.25) is 9.69 Å². The Bertz CT molecular complexity index is 1810. The van der Waals surface area contributed by atoms with Crippen LogP contribution in [0, 0.1) is 11.8 Å². The van der Waals surface area contributed by atoms with Crippen molar-refractivity contribution in [3.8, 4) is 5.75 Å². The molecule has 0 aromatic heterocycles. The number of ether oxygens (including phenoxy) is 3. The molecule has 5 aliphatic rings. The predicted molar refractivity (Wildman–Crippen MR) is 196 cm³/mol. The number of amides is 2. The van der Waals surface area contributed by atoms with Crippen molar-refractivity contribution in [3.05, 3.63) is 64.7 Å². The zero-order valence-corrected chi connectivity index (χ0v) is 31.5. The van der Waals surface area contributed by atoms with Crippen LogP contribution in [0.1, 0.15) is 50.7 Å². The average molecular weight is 757 g/mol. The Hall–Kier alpha value is -3.36. The number of carbonyl (C=O) groups is 2. The van der Waals surface area contributed by atoms with E-state index < -0.39 is 27.6 Å². The summed E-state index contributed by atoms with van der Waals surface area (Å²) in [5.41, 5.74) is 1.21. The van der Waals surface area contributed by atoms with E-state index in [0.29, 0.717) is 68.9 Å². The number of hydrogen-bond donors (Lipinski definition) is 2. The molecule has 1 saturated carbocycles. The summed E-state index contributed by atoms with van der Waals surface area (Å²) in [6.45, 7) is 7.66. The highest BCUT2D eigenvalue weighted by Gasteiger charge is 2.45. The van der Waals surface area contributed by atoms with Gasteiger partial charge in [0, 0.05) is 62.2 Å². The molecule has 2 amide bonds. The van der Waals surface area contributed by atoms with Crippen LogP contribution in [0.3, 0.4) is 0 Å². The van der Waals surface area contributed by atoms with E-state index in [9.17, 15) is 23.1 Å². The normalized spacial score (nSPS) is 29.4. The van der Waals surface area contributed by atoms with Gasteiger partial charge in [0.05, 0.1) is 30.4 Å². The first-order valence-electron chi connectivity index (χ1n) is 18.3. The van der Waals surface area contributed by atoms with E-state index in [1.54, 1.807) is 23.1 Å². The summed E-state index contributed by atoms with van der Waals surface area (Å²) in [4.78, 5) is 32.9. The van der Waals surface area contributed by atoms with Crippen LogP contribution in [-0.4, -0.2) is 113 Å². The van der Waals surface area contributed by atoms with Gasteiger partial charge in [-0.15, -0.1) is 0 Å². The first-order valence-corrected chi connectivity index (χ1v) is 20.2. The molecule has 282 valence electrons. The summed E-state index contributed by atoms with van der Waals surface area (Å²) < 4.78 is 48.3. The largest absolute Gasteiger partial charge is 0.490 e. The van der Waals surface area contributed by atoms with E-state index >= 15 is 0 Å². The summed E-state index contributed by atoms with van der Waals surface area (Å²) in [5, 5.41) is 10.0. The Morgan fingerprint density at radius 2 is 1.92 bits per heavy atom. The van der Waals surface area contributed by atoms with Crippen LogP contribution in [0.25, 0.3) is 0 Å². The molecule has 2 aromatic carbocycles. The monoisotopic (exact) mass is 756 g/mol. The number of aliphatic hydroxyl groups is 1. The van der Waals surface area contributed by atoms with E-state index in [-0.39, 0.29) is 41.5 Å². The fraction of sp³-hybridized carbons (Fsp3) is 0.579. The number of rotatable bonds is 3. The van der Waals surface area contributed by atoms with Crippen molar-refractivity contribution < 1.29 is 37.3 Å². The topological polar surface area (TPSA) is 138 Å². The minimum absolute atomic E-state index is 0.00743. The van der Waals surface area contributed by atoms with Crippen molar-refractivity contribution in [1.82, 2.24) is 14.5 Å². The van der Waals surface area contributed by atoms with Gasteiger partial charge < -0.3 is 29.1 Å². The highest BCUT2D eigenvalue weighted by atomic mass is 35.5. The lowest BCUT2D eigenvalue weighted by Crippen LogP contribution is -2.52. The van der Waals surface area contributed by atoms with Crippen molar-refractivity contribution in [2.45, 2.75) is 68.0 Å². The smallest absolute Gasteiger partial charge is 0.410 e. The lowest BCUT2D eigenvalue weighted by molar-refractivity contribution is -0.139. The quantitative estimate of drug-likeness (QED) is 0.440. The first-order chi connectivity index (χ1) is 24.9. The molecule has 2 aliphatic carbocycles. The number of nitrogens with zero attached hydrogens (tertiary/aromatic N) is 3. The van der Waals surface area contributed by atoms with Gasteiger partial charge in [-0.05, 0) is 99.4 Å². The average Bonchev–Trinajstić information content (AvgIpc) is 3.25. The van der Waals surface area contributed by atoms with Crippen molar-refractivity contribution in [2.75, 3.05) is 70.5 Å². The highest BCUT2D eigenvalue weighted by molar-refractivity contribution is 7.90. The number of nitrogens with one attached hydrogen (secondary N) is 1. The van der Waals surface area contributed by atoms with Crippen LogP contribution < -0.4 is 14.4 Å². The lowest BCUT2D eigenvalue weighted by atomic mass is 9.68. The molecule has 4 atom stereocenters. The summed E-state index contributed by atoms with van der Waals surface area (Å²) >= 11 is 6.45. The third-order valence-corrected chi connectivity index (χ3v) is 13.2. The molecule has 3 heterocycles. The number of benzene rings is 2. The molecule has 2 aromatic rings. The molecule has 3 aliphatic heterocycles. The summed E-state index contributed by atoms with van der Waals surface area (Å²) in [5.74, 6) is -0.0830. The van der Waals surface area contributed by atoms with Gasteiger partial charge in [-0.1, -0.05) is 23.7 Å². The SMILES string of the molecule is CC1(C)OC/C=C/[C@H](OC(=O)N2CCN(CCO)CC2)[C@@H]2CC[C@H]2CN2C[C@@]3(CCCc4cc(Cl)ccc43)COc3ccc(cc32)S(=O)(=O)NC1=O. The number of anilines is 1. The van der Waals surface area contributed by atoms with Crippen molar-refractivity contribution in [2.24, 2.45) is 11.8 Å². The number of sulfonamides is 1. The third-order valence-electron chi connectivity index (χ3n) is 11.6. The van der Waals surface area contributed by atoms with Gasteiger partial charge in [0.2, 0.25) is 0 Å². The van der Waals surface area contributed by atoms with E-state index in [1.165, 1.54) is 31.0 Å². The molecule has 7 rings (SSSR count). The maximum Gasteiger partial charge on any atom is 0.410 e. The molecule has 1 saturated heterocycles. The molecule has 2 bridgehead atoms. The van der Waals surface area contributed by atoms with Crippen LogP contribution in [0.5, 0.6) is 5.75 Å². The number of aryl methyl sites for hydroxylation is 1. The standard InChI is InChI=1S/C38H49ClN4O8S/c1-37(2)35(45)40-52(47,48)29-9-12-34-32(22-29)43(24-38(25-49-34)13-3-5-26-21-28(39)8-11-31(26)38)23-27-7-10-30(27)33(6-4-20-50-37)51-36(46)42-16-14-41(15-17-42)18-19-44/h4,6,8-9,11-12,21-22,27,30,33,44H,3,5,7,10,13-20,23-25H2,1-2H3,(H,40,45)/b6-4+/t27-,30+,33-,38-/m0/s1. The molecular formula is C38H49ClN4O8S. The van der Waals surface area contributed by atoms with Crippen molar-refractivity contribution in [3.63, 3.8) is 0 Å².